The Morgan fingerprint density at radius 1 is 1.28 bits per heavy atom. The van der Waals surface area contributed by atoms with Gasteiger partial charge in [0.15, 0.2) is 0 Å². The fourth-order valence-corrected chi connectivity index (χ4v) is 1.81. The summed E-state index contributed by atoms with van der Waals surface area (Å²) in [5.74, 6) is -0.239. The van der Waals surface area contributed by atoms with Gasteiger partial charge in [-0.1, -0.05) is 54.6 Å². The lowest BCUT2D eigenvalue weighted by Crippen LogP contribution is -2.02. The Morgan fingerprint density at radius 2 is 2.06 bits per heavy atom. The second-order valence-corrected chi connectivity index (χ2v) is 4.19. The van der Waals surface area contributed by atoms with Crippen molar-refractivity contribution in [3.63, 3.8) is 0 Å². The lowest BCUT2D eigenvalue weighted by molar-refractivity contribution is -0.140. The number of carbonyl (C=O) groups is 1. The molecule has 0 aromatic heterocycles. The lowest BCUT2D eigenvalue weighted by atomic mass is 10.0. The van der Waals surface area contributed by atoms with Crippen LogP contribution in [0.1, 0.15) is 18.9 Å². The first kappa shape index (κ1) is 12.4. The van der Waals surface area contributed by atoms with Gasteiger partial charge in [-0.2, -0.15) is 0 Å². The number of allylic oxidation sites excluding steroid dienone is 5. The molecule has 0 bridgehead atoms. The van der Waals surface area contributed by atoms with Crippen LogP contribution < -0.4 is 0 Å². The maximum atomic E-state index is 10.8. The average Bonchev–Trinajstić information content (AvgIpc) is 2.63. The molecule has 0 fully saturated rings. The maximum Gasteiger partial charge on any atom is 0.302 e. The number of esters is 1. The van der Waals surface area contributed by atoms with E-state index < -0.39 is 0 Å². The van der Waals surface area contributed by atoms with Crippen LogP contribution in [0.15, 0.2) is 60.2 Å². The second kappa shape index (κ2) is 6.01. The number of ether oxygens (including phenoxy) is 1. The standard InChI is InChI=1S/C16H16O2/c1-13(17)18-12-14-6-5-9-16(11-10-14)15-7-3-2-4-8-15/h2-9,11H,10,12H2,1H3. The summed E-state index contributed by atoms with van der Waals surface area (Å²) in [4.78, 5) is 10.8. The van der Waals surface area contributed by atoms with Crippen LogP contribution in [-0.4, -0.2) is 12.6 Å². The van der Waals surface area contributed by atoms with Crippen LogP contribution in [-0.2, 0) is 9.53 Å². The van der Waals surface area contributed by atoms with Crippen molar-refractivity contribution >= 4 is 11.5 Å². The molecule has 0 saturated heterocycles. The Bertz CT molecular complexity index is 507. The van der Waals surface area contributed by atoms with Crippen molar-refractivity contribution in [3.8, 4) is 0 Å². The minimum absolute atomic E-state index is 0.239. The topological polar surface area (TPSA) is 26.3 Å². The summed E-state index contributed by atoms with van der Waals surface area (Å²) in [7, 11) is 0. The molecule has 0 N–H and O–H groups in total. The molecule has 2 nitrogen and oxygen atoms in total. The highest BCUT2D eigenvalue weighted by Crippen LogP contribution is 2.20. The van der Waals surface area contributed by atoms with Gasteiger partial charge in [-0.15, -0.1) is 0 Å². The maximum absolute atomic E-state index is 10.8. The zero-order valence-corrected chi connectivity index (χ0v) is 10.4. The van der Waals surface area contributed by atoms with Crippen molar-refractivity contribution in [2.45, 2.75) is 13.3 Å². The molecule has 0 unspecified atom stereocenters. The Morgan fingerprint density at radius 3 is 2.78 bits per heavy atom. The SMILES string of the molecule is CC(=O)OCC1=CC=CC(c2ccccc2)=CC1. The van der Waals surface area contributed by atoms with Crippen molar-refractivity contribution in [1.29, 1.82) is 0 Å². The molecule has 0 saturated carbocycles. The third-order valence-electron chi connectivity index (χ3n) is 2.76. The predicted octanol–water partition coefficient (Wildman–Crippen LogP) is 3.52. The molecular formula is C16H16O2. The quantitative estimate of drug-likeness (QED) is 0.756. The van der Waals surface area contributed by atoms with Crippen molar-refractivity contribution < 1.29 is 9.53 Å². The molecule has 0 aliphatic heterocycles. The van der Waals surface area contributed by atoms with E-state index in [1.807, 2.05) is 30.4 Å². The van der Waals surface area contributed by atoms with Crippen LogP contribution >= 0.6 is 0 Å². The van der Waals surface area contributed by atoms with E-state index in [-0.39, 0.29) is 5.97 Å². The fourth-order valence-electron chi connectivity index (χ4n) is 1.81. The average molecular weight is 240 g/mol. The Balaban J connectivity index is 2.05. The van der Waals surface area contributed by atoms with Gasteiger partial charge in [0.2, 0.25) is 0 Å². The van der Waals surface area contributed by atoms with Gasteiger partial charge in [0.25, 0.3) is 0 Å². The van der Waals surface area contributed by atoms with Gasteiger partial charge in [0.05, 0.1) is 0 Å². The summed E-state index contributed by atoms with van der Waals surface area (Å²) >= 11 is 0. The van der Waals surface area contributed by atoms with Gasteiger partial charge in [-0.05, 0) is 23.1 Å². The number of rotatable bonds is 3. The summed E-state index contributed by atoms with van der Waals surface area (Å²) in [5.41, 5.74) is 3.51. The van der Waals surface area contributed by atoms with Gasteiger partial charge in [0, 0.05) is 6.92 Å². The molecule has 18 heavy (non-hydrogen) atoms. The third kappa shape index (κ3) is 3.45. The van der Waals surface area contributed by atoms with E-state index in [1.54, 1.807) is 0 Å². The van der Waals surface area contributed by atoms with Gasteiger partial charge >= 0.3 is 5.97 Å². The van der Waals surface area contributed by atoms with Crippen LogP contribution in [0.4, 0.5) is 0 Å². The summed E-state index contributed by atoms with van der Waals surface area (Å²) < 4.78 is 5.01. The van der Waals surface area contributed by atoms with Crippen LogP contribution in [0.3, 0.4) is 0 Å². The molecule has 2 rings (SSSR count). The van der Waals surface area contributed by atoms with E-state index in [0.29, 0.717) is 6.61 Å². The number of benzene rings is 1. The number of hydrogen-bond donors (Lipinski definition) is 0. The van der Waals surface area contributed by atoms with E-state index in [2.05, 4.69) is 24.3 Å². The van der Waals surface area contributed by atoms with Gasteiger partial charge < -0.3 is 4.74 Å². The first-order valence-corrected chi connectivity index (χ1v) is 6.01. The Kier molecular flexibility index (Phi) is 4.13. The molecule has 2 heteroatoms. The number of hydrogen-bond acceptors (Lipinski definition) is 2. The second-order valence-electron chi connectivity index (χ2n) is 4.19. The highest BCUT2D eigenvalue weighted by atomic mass is 16.5. The molecule has 0 amide bonds. The molecule has 1 aliphatic carbocycles. The van der Waals surface area contributed by atoms with Crippen molar-refractivity contribution in [1.82, 2.24) is 0 Å². The van der Waals surface area contributed by atoms with Crippen molar-refractivity contribution in [3.05, 3.63) is 65.8 Å². The molecule has 0 radical (unpaired) electrons. The molecule has 0 atom stereocenters. The molecule has 0 heterocycles. The minimum Gasteiger partial charge on any atom is -0.461 e. The fraction of sp³-hybridized carbons (Fsp3) is 0.188. The molecular weight excluding hydrogens is 224 g/mol. The Hall–Kier alpha value is -2.09. The predicted molar refractivity (Wildman–Crippen MR) is 72.9 cm³/mol. The first-order chi connectivity index (χ1) is 8.75. The van der Waals surface area contributed by atoms with E-state index in [0.717, 1.165) is 12.0 Å². The zero-order valence-electron chi connectivity index (χ0n) is 10.4. The summed E-state index contributed by atoms with van der Waals surface area (Å²) in [6.07, 6.45) is 9.06. The van der Waals surface area contributed by atoms with Gasteiger partial charge in [-0.25, -0.2) is 0 Å². The molecule has 1 aromatic carbocycles. The summed E-state index contributed by atoms with van der Waals surface area (Å²) in [6, 6.07) is 10.2. The number of carbonyl (C=O) groups excluding carboxylic acids is 1. The summed E-state index contributed by atoms with van der Waals surface area (Å²) in [6.45, 7) is 1.80. The van der Waals surface area contributed by atoms with E-state index >= 15 is 0 Å². The Labute approximate surface area is 107 Å². The van der Waals surface area contributed by atoms with Crippen molar-refractivity contribution in [2.24, 2.45) is 0 Å². The third-order valence-corrected chi connectivity index (χ3v) is 2.76. The van der Waals surface area contributed by atoms with E-state index in [1.165, 1.54) is 18.1 Å². The molecule has 1 aromatic rings. The van der Waals surface area contributed by atoms with Gasteiger partial charge in [0.1, 0.15) is 6.61 Å². The van der Waals surface area contributed by atoms with Crippen LogP contribution in [0, 0.1) is 0 Å². The minimum atomic E-state index is -0.239. The molecule has 1 aliphatic rings. The van der Waals surface area contributed by atoms with Crippen LogP contribution in [0.5, 0.6) is 0 Å². The molecule has 0 spiro atoms. The van der Waals surface area contributed by atoms with Crippen LogP contribution in [0.2, 0.25) is 0 Å². The first-order valence-electron chi connectivity index (χ1n) is 6.01. The molecule has 92 valence electrons. The van der Waals surface area contributed by atoms with E-state index in [4.69, 9.17) is 4.74 Å². The van der Waals surface area contributed by atoms with Gasteiger partial charge in [-0.3, -0.25) is 4.79 Å². The van der Waals surface area contributed by atoms with Crippen molar-refractivity contribution in [2.75, 3.05) is 6.61 Å². The lowest BCUT2D eigenvalue weighted by Gasteiger charge is -2.04. The highest BCUT2D eigenvalue weighted by Gasteiger charge is 2.03. The smallest absolute Gasteiger partial charge is 0.302 e. The van der Waals surface area contributed by atoms with E-state index in [9.17, 15) is 4.79 Å². The highest BCUT2D eigenvalue weighted by molar-refractivity contribution is 5.75. The monoisotopic (exact) mass is 240 g/mol. The zero-order chi connectivity index (χ0) is 12.8. The summed E-state index contributed by atoms with van der Waals surface area (Å²) in [5, 5.41) is 0. The largest absolute Gasteiger partial charge is 0.461 e. The normalized spacial score (nSPS) is 14.5. The van der Waals surface area contributed by atoms with Crippen LogP contribution in [0.25, 0.3) is 5.57 Å².